The molecule has 0 unspecified atom stereocenters. The predicted molar refractivity (Wildman–Crippen MR) is 105 cm³/mol. The highest BCUT2D eigenvalue weighted by Crippen LogP contribution is 2.21. The summed E-state index contributed by atoms with van der Waals surface area (Å²) in [6.45, 7) is 4.32. The smallest absolute Gasteiger partial charge is 0.199 e. The van der Waals surface area contributed by atoms with Crippen LogP contribution in [0.1, 0.15) is 16.3 Å². The molecule has 0 saturated heterocycles. The molecule has 7 heteroatoms. The van der Waals surface area contributed by atoms with Crippen molar-refractivity contribution in [2.45, 2.75) is 26.7 Å². The number of hydrogen-bond acceptors (Lipinski definition) is 4. The van der Waals surface area contributed by atoms with Gasteiger partial charge in [-0.3, -0.25) is 9.47 Å². The minimum absolute atomic E-state index is 0.678. The number of thiophene rings is 1. The van der Waals surface area contributed by atoms with Crippen LogP contribution < -0.4 is 0 Å². The van der Waals surface area contributed by atoms with Crippen molar-refractivity contribution in [3.05, 3.63) is 67.3 Å². The van der Waals surface area contributed by atoms with Crippen molar-refractivity contribution in [1.82, 2.24) is 19.2 Å². The Morgan fingerprint density at radius 3 is 2.71 bits per heavy atom. The molecule has 1 aromatic carbocycles. The van der Waals surface area contributed by atoms with E-state index in [0.717, 1.165) is 28.2 Å². The molecule has 0 aliphatic heterocycles. The second-order valence-electron chi connectivity index (χ2n) is 5.79. The first kappa shape index (κ1) is 17.5. The van der Waals surface area contributed by atoms with E-state index in [0.29, 0.717) is 6.67 Å². The van der Waals surface area contributed by atoms with Gasteiger partial charge in [-0.15, -0.1) is 11.3 Å². The minimum Gasteiger partial charge on any atom is -0.300 e. The maximum absolute atomic E-state index is 5.63. The summed E-state index contributed by atoms with van der Waals surface area (Å²) in [4.78, 5) is 3.53. The third kappa shape index (κ3) is 4.22. The Balaban J connectivity index is 1.72. The summed E-state index contributed by atoms with van der Waals surface area (Å²) in [6, 6.07) is 12.5. The molecule has 0 aliphatic rings. The molecule has 0 amide bonds. The second-order valence-corrected chi connectivity index (χ2v) is 8.06. The van der Waals surface area contributed by atoms with Gasteiger partial charge in [-0.1, -0.05) is 30.3 Å². The fourth-order valence-corrected chi connectivity index (χ4v) is 4.40. The van der Waals surface area contributed by atoms with Crippen LogP contribution in [0.4, 0.5) is 0 Å². The lowest BCUT2D eigenvalue weighted by Crippen LogP contribution is -2.22. The van der Waals surface area contributed by atoms with Gasteiger partial charge in [-0.25, -0.2) is 4.68 Å². The summed E-state index contributed by atoms with van der Waals surface area (Å²) >= 11 is 10.9. The third-order valence-corrected chi connectivity index (χ3v) is 5.83. The van der Waals surface area contributed by atoms with Gasteiger partial charge in [-0.2, -0.15) is 5.10 Å². The van der Waals surface area contributed by atoms with E-state index in [4.69, 9.17) is 12.2 Å². The molecule has 2 aromatic heterocycles. The van der Waals surface area contributed by atoms with Crippen LogP contribution in [0.3, 0.4) is 0 Å². The largest absolute Gasteiger partial charge is 0.300 e. The Hall–Kier alpha value is -1.28. The predicted octanol–water partition coefficient (Wildman–Crippen LogP) is 4.68. The number of aryl methyl sites for hydroxylation is 1. The number of halogens is 1. The molecule has 126 valence electrons. The second kappa shape index (κ2) is 7.74. The van der Waals surface area contributed by atoms with Gasteiger partial charge < -0.3 is 0 Å². The zero-order valence-corrected chi connectivity index (χ0v) is 16.9. The molecule has 0 atom stereocenters. The molecule has 3 aromatic rings. The Bertz CT molecular complexity index is 866. The average molecular weight is 423 g/mol. The highest BCUT2D eigenvalue weighted by Gasteiger charge is 2.10. The summed E-state index contributed by atoms with van der Waals surface area (Å²) in [5, 5.41) is 6.73. The topological polar surface area (TPSA) is 26.0 Å². The number of benzene rings is 1. The highest BCUT2D eigenvalue weighted by molar-refractivity contribution is 9.10. The van der Waals surface area contributed by atoms with Crippen molar-refractivity contribution in [1.29, 1.82) is 0 Å². The van der Waals surface area contributed by atoms with Crippen LogP contribution in [-0.2, 0) is 19.8 Å². The molecule has 0 aliphatic carbocycles. The molecule has 3 rings (SSSR count). The van der Waals surface area contributed by atoms with Gasteiger partial charge in [0.2, 0.25) is 0 Å². The quantitative estimate of drug-likeness (QED) is 0.539. The average Bonchev–Trinajstić information content (AvgIpc) is 3.07. The molecule has 24 heavy (non-hydrogen) atoms. The van der Waals surface area contributed by atoms with Crippen molar-refractivity contribution in [2.75, 3.05) is 7.05 Å². The van der Waals surface area contributed by atoms with Crippen LogP contribution in [0.5, 0.6) is 0 Å². The molecule has 0 radical (unpaired) electrons. The third-order valence-electron chi connectivity index (χ3n) is 3.71. The molecule has 0 bridgehead atoms. The van der Waals surface area contributed by atoms with Gasteiger partial charge >= 0.3 is 0 Å². The van der Waals surface area contributed by atoms with Crippen LogP contribution >= 0.6 is 39.5 Å². The highest BCUT2D eigenvalue weighted by atomic mass is 79.9. The van der Waals surface area contributed by atoms with E-state index >= 15 is 0 Å². The summed E-state index contributed by atoms with van der Waals surface area (Å²) in [6.07, 6.45) is 0. The number of rotatable bonds is 6. The molecular weight excluding hydrogens is 404 g/mol. The van der Waals surface area contributed by atoms with Gasteiger partial charge in [-0.05, 0) is 53.7 Å². The fourth-order valence-electron chi connectivity index (χ4n) is 2.57. The van der Waals surface area contributed by atoms with E-state index in [9.17, 15) is 0 Å². The van der Waals surface area contributed by atoms with Crippen molar-refractivity contribution < 1.29 is 0 Å². The Morgan fingerprint density at radius 1 is 1.29 bits per heavy atom. The van der Waals surface area contributed by atoms with Gasteiger partial charge in [0, 0.05) is 21.3 Å². The van der Waals surface area contributed by atoms with Gasteiger partial charge in [0.05, 0.1) is 13.2 Å². The zero-order chi connectivity index (χ0) is 17.1. The Morgan fingerprint density at radius 2 is 2.04 bits per heavy atom. The van der Waals surface area contributed by atoms with Gasteiger partial charge in [0.15, 0.2) is 4.77 Å². The molecular formula is C17H19BrN4S2. The van der Waals surface area contributed by atoms with E-state index in [2.05, 4.69) is 61.1 Å². The summed E-state index contributed by atoms with van der Waals surface area (Å²) in [7, 11) is 2.08. The maximum Gasteiger partial charge on any atom is 0.199 e. The normalized spacial score (nSPS) is 11.3. The van der Waals surface area contributed by atoms with Crippen molar-refractivity contribution in [3.8, 4) is 0 Å². The van der Waals surface area contributed by atoms with Crippen molar-refractivity contribution in [2.24, 2.45) is 0 Å². The Kier molecular flexibility index (Phi) is 5.65. The molecule has 2 heterocycles. The fraction of sp³-hybridized carbons (Fsp3) is 0.294. The van der Waals surface area contributed by atoms with Gasteiger partial charge in [0.25, 0.3) is 0 Å². The van der Waals surface area contributed by atoms with E-state index in [1.165, 1.54) is 10.4 Å². The van der Waals surface area contributed by atoms with Crippen LogP contribution in [0, 0.1) is 11.7 Å². The van der Waals surface area contributed by atoms with E-state index in [1.54, 1.807) is 11.3 Å². The van der Waals surface area contributed by atoms with Crippen LogP contribution in [0.2, 0.25) is 0 Å². The summed E-state index contributed by atoms with van der Waals surface area (Å²) in [5.74, 6) is 0.941. The number of hydrogen-bond donors (Lipinski definition) is 0. The monoisotopic (exact) mass is 422 g/mol. The number of nitrogens with zero attached hydrogens (tertiary/aromatic N) is 4. The number of aromatic nitrogens is 3. The van der Waals surface area contributed by atoms with Crippen molar-refractivity contribution in [3.63, 3.8) is 0 Å². The molecule has 4 nitrogen and oxygen atoms in total. The Labute approximate surface area is 159 Å². The SMILES string of the molecule is Cc1nn(CN(C)Cc2cc(Br)cs2)c(=S)n1Cc1ccccc1. The first-order chi connectivity index (χ1) is 11.5. The molecule has 0 spiro atoms. The van der Waals surface area contributed by atoms with Crippen LogP contribution in [-0.4, -0.2) is 26.3 Å². The standard InChI is InChI=1S/C17H19BrN4S2/c1-13-19-22(12-20(2)10-16-8-15(18)11-24-16)17(23)21(13)9-14-6-4-3-5-7-14/h3-8,11H,9-10,12H2,1-2H3. The van der Waals surface area contributed by atoms with E-state index in [-0.39, 0.29) is 0 Å². The minimum atomic E-state index is 0.678. The first-order valence-electron chi connectivity index (χ1n) is 7.62. The summed E-state index contributed by atoms with van der Waals surface area (Å²) in [5.41, 5.74) is 1.23. The van der Waals surface area contributed by atoms with Gasteiger partial charge in [0.1, 0.15) is 5.82 Å². The molecule has 0 fully saturated rings. The van der Waals surface area contributed by atoms with E-state index < -0.39 is 0 Å². The molecule has 0 saturated carbocycles. The molecule has 0 N–H and O–H groups in total. The zero-order valence-electron chi connectivity index (χ0n) is 13.6. The van der Waals surface area contributed by atoms with Crippen LogP contribution in [0.25, 0.3) is 0 Å². The lowest BCUT2D eigenvalue weighted by atomic mass is 10.2. The lowest BCUT2D eigenvalue weighted by Gasteiger charge is -2.15. The van der Waals surface area contributed by atoms with E-state index in [1.807, 2.05) is 29.8 Å². The first-order valence-corrected chi connectivity index (χ1v) is 9.70. The lowest BCUT2D eigenvalue weighted by molar-refractivity contribution is 0.245. The summed E-state index contributed by atoms with van der Waals surface area (Å²) < 4.78 is 5.88. The maximum atomic E-state index is 5.63. The van der Waals surface area contributed by atoms with Crippen molar-refractivity contribution >= 4 is 39.5 Å². The van der Waals surface area contributed by atoms with Crippen LogP contribution in [0.15, 0.2) is 46.3 Å².